The number of benzene rings is 1. The number of hydrogen-bond donors (Lipinski definition) is 0. The second kappa shape index (κ2) is 1.88. The summed E-state index contributed by atoms with van der Waals surface area (Å²) >= 11 is 0. The fourth-order valence-electron chi connectivity index (χ4n) is 1.43. The molecule has 3 heteroatoms. The van der Waals surface area contributed by atoms with Gasteiger partial charge in [-0.15, -0.1) is 5.11 Å². The van der Waals surface area contributed by atoms with Gasteiger partial charge in [0.2, 0.25) is 0 Å². The van der Waals surface area contributed by atoms with E-state index in [0.717, 1.165) is 22.0 Å². The molecule has 12 heavy (non-hydrogen) atoms. The van der Waals surface area contributed by atoms with E-state index in [-0.39, 0.29) is 0 Å². The van der Waals surface area contributed by atoms with Crippen LogP contribution in [0.25, 0.3) is 5.70 Å². The molecule has 0 spiro atoms. The minimum atomic E-state index is 0.885. The minimum absolute atomic E-state index is 0.885. The molecule has 0 aromatic heterocycles. The molecule has 0 amide bonds. The van der Waals surface area contributed by atoms with Crippen LogP contribution < -0.4 is 10.6 Å². The fourth-order valence-corrected chi connectivity index (χ4v) is 1.43. The van der Waals surface area contributed by atoms with Crippen molar-refractivity contribution in [2.75, 3.05) is 0 Å². The first-order valence-electron chi connectivity index (χ1n) is 3.75. The second-order valence-corrected chi connectivity index (χ2v) is 2.71. The highest BCUT2D eigenvalue weighted by Crippen LogP contribution is 2.20. The Morgan fingerprint density at radius 1 is 1.08 bits per heavy atom. The van der Waals surface area contributed by atoms with Crippen LogP contribution in [0.4, 0.5) is 0 Å². The number of azo groups is 1. The highest BCUT2D eigenvalue weighted by Gasteiger charge is 2.14. The third kappa shape index (κ3) is 0.580. The summed E-state index contributed by atoms with van der Waals surface area (Å²) in [5.41, 5.74) is 1.79. The van der Waals surface area contributed by atoms with E-state index < -0.39 is 0 Å². The molecule has 0 N–H and O–H groups in total. The lowest BCUT2D eigenvalue weighted by atomic mass is 10.2. The lowest BCUT2D eigenvalue weighted by Crippen LogP contribution is -2.21. The summed E-state index contributed by atoms with van der Waals surface area (Å²) < 4.78 is 0. The van der Waals surface area contributed by atoms with Crippen molar-refractivity contribution in [3.05, 3.63) is 46.7 Å². The van der Waals surface area contributed by atoms with Gasteiger partial charge in [0, 0.05) is 5.22 Å². The van der Waals surface area contributed by atoms with E-state index in [9.17, 15) is 0 Å². The Morgan fingerprint density at radius 2 is 2.00 bits per heavy atom. The van der Waals surface area contributed by atoms with Crippen LogP contribution >= 0.6 is 0 Å². The van der Waals surface area contributed by atoms with Gasteiger partial charge in [0.05, 0.1) is 11.6 Å². The Bertz CT molecular complexity index is 523. The van der Waals surface area contributed by atoms with E-state index in [2.05, 4.69) is 15.2 Å². The van der Waals surface area contributed by atoms with Gasteiger partial charge in [-0.3, -0.25) is 0 Å². The zero-order chi connectivity index (χ0) is 7.97. The third-order valence-corrected chi connectivity index (χ3v) is 1.98. The maximum absolute atomic E-state index is 4.35. The summed E-state index contributed by atoms with van der Waals surface area (Å²) in [7, 11) is 0. The van der Waals surface area contributed by atoms with Crippen molar-refractivity contribution in [3.63, 3.8) is 0 Å². The SMILES string of the molecule is C1=C2N=c3ccccc3=C2N=N1. The van der Waals surface area contributed by atoms with Crippen LogP contribution in [-0.4, -0.2) is 0 Å². The molecule has 56 valence electrons. The van der Waals surface area contributed by atoms with Gasteiger partial charge in [0.1, 0.15) is 11.4 Å². The van der Waals surface area contributed by atoms with Crippen molar-refractivity contribution in [1.29, 1.82) is 0 Å². The fraction of sp³-hybridized carbons (Fsp3) is 0. The molecule has 0 aliphatic carbocycles. The Hall–Kier alpha value is -1.77. The molecule has 0 radical (unpaired) electrons. The van der Waals surface area contributed by atoms with Gasteiger partial charge >= 0.3 is 0 Å². The van der Waals surface area contributed by atoms with E-state index >= 15 is 0 Å². The lowest BCUT2D eigenvalue weighted by molar-refractivity contribution is 1.27. The standard InChI is InChI=1S/C9H5N3/c1-2-4-7-6(3-1)9-8(11-7)5-10-12-9/h1-5H. The van der Waals surface area contributed by atoms with Crippen LogP contribution in [0.1, 0.15) is 0 Å². The van der Waals surface area contributed by atoms with Gasteiger partial charge < -0.3 is 0 Å². The minimum Gasteiger partial charge on any atom is -0.244 e. The van der Waals surface area contributed by atoms with Crippen LogP contribution in [0.15, 0.2) is 51.4 Å². The molecule has 2 heterocycles. The number of fused-ring (bicyclic) bond motifs is 2. The molecule has 1 aromatic rings. The molecular weight excluding hydrogens is 150 g/mol. The van der Waals surface area contributed by atoms with Gasteiger partial charge in [-0.1, -0.05) is 18.2 Å². The zero-order valence-corrected chi connectivity index (χ0v) is 6.23. The van der Waals surface area contributed by atoms with Crippen molar-refractivity contribution in [2.45, 2.75) is 0 Å². The molecule has 0 unspecified atom stereocenters. The Morgan fingerprint density at radius 3 is 3.00 bits per heavy atom. The van der Waals surface area contributed by atoms with Crippen LogP contribution in [0, 0.1) is 0 Å². The average molecular weight is 155 g/mol. The van der Waals surface area contributed by atoms with E-state index in [0.29, 0.717) is 0 Å². The van der Waals surface area contributed by atoms with E-state index in [1.807, 2.05) is 24.3 Å². The number of para-hydroxylation sites is 1. The summed E-state index contributed by atoms with van der Waals surface area (Å²) in [6.45, 7) is 0. The number of hydrogen-bond acceptors (Lipinski definition) is 3. The second-order valence-electron chi connectivity index (χ2n) is 2.71. The normalized spacial score (nSPS) is 17.0. The van der Waals surface area contributed by atoms with Crippen LogP contribution in [0.5, 0.6) is 0 Å². The number of nitrogens with zero attached hydrogens (tertiary/aromatic N) is 3. The first-order chi connectivity index (χ1) is 5.95. The summed E-state index contributed by atoms with van der Waals surface area (Å²) in [6.07, 6.45) is 1.69. The summed E-state index contributed by atoms with van der Waals surface area (Å²) in [5.74, 6) is 0. The molecule has 0 saturated heterocycles. The Labute approximate surface area is 68.5 Å². The van der Waals surface area contributed by atoms with E-state index in [1.165, 1.54) is 0 Å². The van der Waals surface area contributed by atoms with Crippen LogP contribution in [0.3, 0.4) is 0 Å². The molecule has 0 saturated carbocycles. The summed E-state index contributed by atoms with van der Waals surface area (Å²) in [5, 5.41) is 9.88. The van der Waals surface area contributed by atoms with Crippen molar-refractivity contribution in [3.8, 4) is 0 Å². The van der Waals surface area contributed by atoms with Gasteiger partial charge in [-0.2, -0.15) is 5.11 Å². The zero-order valence-electron chi connectivity index (χ0n) is 6.23. The molecule has 3 rings (SSSR count). The predicted molar refractivity (Wildman–Crippen MR) is 43.6 cm³/mol. The van der Waals surface area contributed by atoms with Gasteiger partial charge in [0.15, 0.2) is 0 Å². The Kier molecular flexibility index (Phi) is 0.913. The maximum Gasteiger partial charge on any atom is 0.122 e. The van der Waals surface area contributed by atoms with Crippen molar-refractivity contribution in [2.24, 2.45) is 15.2 Å². The monoisotopic (exact) mass is 155 g/mol. The average Bonchev–Trinajstić information content (AvgIpc) is 2.62. The molecule has 0 bridgehead atoms. The quantitative estimate of drug-likeness (QED) is 0.530. The van der Waals surface area contributed by atoms with Gasteiger partial charge in [-0.05, 0) is 6.07 Å². The number of rotatable bonds is 0. The topological polar surface area (TPSA) is 37.1 Å². The summed E-state index contributed by atoms with van der Waals surface area (Å²) in [6, 6.07) is 7.95. The highest BCUT2D eigenvalue weighted by molar-refractivity contribution is 5.65. The molecule has 2 aliphatic rings. The first-order valence-corrected chi connectivity index (χ1v) is 3.75. The van der Waals surface area contributed by atoms with E-state index in [1.54, 1.807) is 6.20 Å². The molecule has 0 atom stereocenters. The maximum atomic E-state index is 4.35. The molecule has 3 nitrogen and oxygen atoms in total. The largest absolute Gasteiger partial charge is 0.244 e. The smallest absolute Gasteiger partial charge is 0.122 e. The van der Waals surface area contributed by atoms with Crippen LogP contribution in [0.2, 0.25) is 0 Å². The van der Waals surface area contributed by atoms with Crippen molar-refractivity contribution < 1.29 is 0 Å². The van der Waals surface area contributed by atoms with Crippen molar-refractivity contribution in [1.82, 2.24) is 0 Å². The summed E-state index contributed by atoms with van der Waals surface area (Å²) in [4.78, 5) is 4.35. The van der Waals surface area contributed by atoms with Crippen molar-refractivity contribution >= 4 is 5.70 Å². The van der Waals surface area contributed by atoms with Gasteiger partial charge in [-0.25, -0.2) is 4.99 Å². The van der Waals surface area contributed by atoms with E-state index in [4.69, 9.17) is 0 Å². The molecular formula is C9H5N3. The third-order valence-electron chi connectivity index (χ3n) is 1.98. The Balaban J connectivity index is 2.59. The predicted octanol–water partition coefficient (Wildman–Crippen LogP) is 0.735. The first kappa shape index (κ1) is 5.83. The van der Waals surface area contributed by atoms with Gasteiger partial charge in [0.25, 0.3) is 0 Å². The van der Waals surface area contributed by atoms with Crippen LogP contribution in [-0.2, 0) is 0 Å². The lowest BCUT2D eigenvalue weighted by Gasteiger charge is -1.83. The molecule has 1 aromatic carbocycles. The highest BCUT2D eigenvalue weighted by atomic mass is 15.2. The molecule has 2 aliphatic heterocycles. The molecule has 0 fully saturated rings.